The van der Waals surface area contributed by atoms with Gasteiger partial charge < -0.3 is 5.32 Å². The summed E-state index contributed by atoms with van der Waals surface area (Å²) in [5.74, 6) is 0.407. The summed E-state index contributed by atoms with van der Waals surface area (Å²) in [6, 6.07) is 4.64. The molecule has 1 aromatic carbocycles. The minimum Gasteiger partial charge on any atom is -0.370 e. The van der Waals surface area contributed by atoms with Gasteiger partial charge in [-0.2, -0.15) is 0 Å². The zero-order valence-corrected chi connectivity index (χ0v) is 12.3. The molecule has 2 rings (SSSR count). The lowest BCUT2D eigenvalue weighted by Gasteiger charge is -2.13. The smallest absolute Gasteiger partial charge is 0.134 e. The number of hydrogen-bond donors (Lipinski definition) is 1. The highest BCUT2D eigenvalue weighted by atomic mass is 35.5. The van der Waals surface area contributed by atoms with Gasteiger partial charge in [0.05, 0.1) is 5.69 Å². The Morgan fingerprint density at radius 2 is 2.05 bits per heavy atom. The summed E-state index contributed by atoms with van der Waals surface area (Å²) in [5, 5.41) is 3.58. The first-order valence-corrected chi connectivity index (χ1v) is 7.08. The van der Waals surface area contributed by atoms with E-state index in [-0.39, 0.29) is 5.82 Å². The van der Waals surface area contributed by atoms with Gasteiger partial charge in [0.1, 0.15) is 18.0 Å². The van der Waals surface area contributed by atoms with Gasteiger partial charge in [-0.3, -0.25) is 0 Å². The molecule has 106 valence electrons. The molecule has 0 saturated carbocycles. The summed E-state index contributed by atoms with van der Waals surface area (Å²) < 4.78 is 14.1. The van der Waals surface area contributed by atoms with Gasteiger partial charge >= 0.3 is 0 Å². The highest BCUT2D eigenvalue weighted by molar-refractivity contribution is 6.30. The van der Waals surface area contributed by atoms with E-state index in [2.05, 4.69) is 22.2 Å². The van der Waals surface area contributed by atoms with E-state index >= 15 is 0 Å². The van der Waals surface area contributed by atoms with E-state index < -0.39 is 0 Å². The number of hydrogen-bond acceptors (Lipinski definition) is 3. The predicted octanol–water partition coefficient (Wildman–Crippen LogP) is 4.32. The van der Waals surface area contributed by atoms with Crippen molar-refractivity contribution < 1.29 is 4.39 Å². The SMILES string of the molecule is CCCc1c(NCC)ncnc1-c1ccc(Cl)cc1F. The zero-order valence-electron chi connectivity index (χ0n) is 11.6. The van der Waals surface area contributed by atoms with Gasteiger partial charge in [-0.05, 0) is 31.5 Å². The molecular weight excluding hydrogens is 277 g/mol. The Kier molecular flexibility index (Phi) is 4.90. The maximum absolute atomic E-state index is 14.1. The molecule has 0 spiro atoms. The van der Waals surface area contributed by atoms with E-state index in [1.807, 2.05) is 6.92 Å². The standard InChI is InChI=1S/C15H17ClFN3/c1-3-5-12-14(19-9-20-15(12)18-4-2)11-7-6-10(16)8-13(11)17/h6-9H,3-5H2,1-2H3,(H,18,19,20). The van der Waals surface area contributed by atoms with Crippen molar-refractivity contribution in [2.24, 2.45) is 0 Å². The summed E-state index contributed by atoms with van der Waals surface area (Å²) in [6.07, 6.45) is 3.19. The first kappa shape index (κ1) is 14.7. The van der Waals surface area contributed by atoms with Crippen LogP contribution in [0, 0.1) is 5.82 Å². The van der Waals surface area contributed by atoms with Crippen LogP contribution in [0.15, 0.2) is 24.5 Å². The quantitative estimate of drug-likeness (QED) is 0.892. The summed E-state index contributed by atoms with van der Waals surface area (Å²) >= 11 is 5.80. The molecule has 0 aliphatic carbocycles. The van der Waals surface area contributed by atoms with Gasteiger partial charge in [0.2, 0.25) is 0 Å². The van der Waals surface area contributed by atoms with Gasteiger partial charge in [0.25, 0.3) is 0 Å². The maximum atomic E-state index is 14.1. The monoisotopic (exact) mass is 293 g/mol. The normalized spacial score (nSPS) is 10.6. The van der Waals surface area contributed by atoms with Crippen molar-refractivity contribution in [3.8, 4) is 11.3 Å². The molecule has 1 heterocycles. The van der Waals surface area contributed by atoms with Crippen molar-refractivity contribution in [2.75, 3.05) is 11.9 Å². The van der Waals surface area contributed by atoms with Crippen LogP contribution in [0.25, 0.3) is 11.3 Å². The van der Waals surface area contributed by atoms with Crippen LogP contribution in [-0.2, 0) is 6.42 Å². The van der Waals surface area contributed by atoms with Crippen molar-refractivity contribution in [1.82, 2.24) is 9.97 Å². The number of benzene rings is 1. The molecule has 1 aromatic heterocycles. The second-order valence-electron chi connectivity index (χ2n) is 4.45. The molecule has 20 heavy (non-hydrogen) atoms. The molecule has 3 nitrogen and oxygen atoms in total. The van der Waals surface area contributed by atoms with E-state index in [1.54, 1.807) is 12.1 Å². The molecule has 0 amide bonds. The third-order valence-corrected chi connectivity index (χ3v) is 3.21. The third kappa shape index (κ3) is 3.07. The Morgan fingerprint density at radius 1 is 1.25 bits per heavy atom. The molecule has 0 aliphatic heterocycles. The molecule has 0 aliphatic rings. The average molecular weight is 294 g/mol. The average Bonchev–Trinajstić information content (AvgIpc) is 2.42. The molecule has 0 fully saturated rings. The molecule has 0 atom stereocenters. The van der Waals surface area contributed by atoms with Crippen LogP contribution in [0.1, 0.15) is 25.8 Å². The number of halogens is 2. The van der Waals surface area contributed by atoms with Crippen LogP contribution in [0.5, 0.6) is 0 Å². The summed E-state index contributed by atoms with van der Waals surface area (Å²) in [4.78, 5) is 8.52. The van der Waals surface area contributed by atoms with Gasteiger partial charge in [0.15, 0.2) is 0 Å². The van der Waals surface area contributed by atoms with Crippen LogP contribution in [0.2, 0.25) is 5.02 Å². The third-order valence-electron chi connectivity index (χ3n) is 2.98. The van der Waals surface area contributed by atoms with Crippen LogP contribution in [0.3, 0.4) is 0 Å². The number of rotatable bonds is 5. The topological polar surface area (TPSA) is 37.8 Å². The van der Waals surface area contributed by atoms with Crippen LogP contribution < -0.4 is 5.32 Å². The summed E-state index contributed by atoms with van der Waals surface area (Å²) in [5.41, 5.74) is 2.03. The molecular formula is C15H17ClFN3. The lowest BCUT2D eigenvalue weighted by Crippen LogP contribution is -2.07. The second-order valence-corrected chi connectivity index (χ2v) is 4.89. The zero-order chi connectivity index (χ0) is 14.5. The van der Waals surface area contributed by atoms with Crippen molar-refractivity contribution in [1.29, 1.82) is 0 Å². The van der Waals surface area contributed by atoms with E-state index in [1.165, 1.54) is 12.4 Å². The second kappa shape index (κ2) is 6.66. The van der Waals surface area contributed by atoms with Crippen molar-refractivity contribution in [2.45, 2.75) is 26.7 Å². The van der Waals surface area contributed by atoms with Gasteiger partial charge in [-0.15, -0.1) is 0 Å². The Hall–Kier alpha value is -1.68. The van der Waals surface area contributed by atoms with Crippen LogP contribution >= 0.6 is 11.6 Å². The number of aromatic nitrogens is 2. The maximum Gasteiger partial charge on any atom is 0.134 e. The van der Waals surface area contributed by atoms with E-state index in [9.17, 15) is 4.39 Å². The Balaban J connectivity index is 2.57. The largest absolute Gasteiger partial charge is 0.370 e. The number of nitrogens with zero attached hydrogens (tertiary/aromatic N) is 2. The molecule has 0 bridgehead atoms. The fraction of sp³-hybridized carbons (Fsp3) is 0.333. The van der Waals surface area contributed by atoms with Gasteiger partial charge in [-0.1, -0.05) is 24.9 Å². The summed E-state index contributed by atoms with van der Waals surface area (Å²) in [6.45, 7) is 4.83. The lowest BCUT2D eigenvalue weighted by atomic mass is 10.0. The summed E-state index contributed by atoms with van der Waals surface area (Å²) in [7, 11) is 0. The molecule has 2 aromatic rings. The number of anilines is 1. The Labute approximate surface area is 123 Å². The Bertz CT molecular complexity index is 602. The van der Waals surface area contributed by atoms with E-state index in [0.717, 1.165) is 30.8 Å². The van der Waals surface area contributed by atoms with Gasteiger partial charge in [-0.25, -0.2) is 14.4 Å². The van der Waals surface area contributed by atoms with Gasteiger partial charge in [0, 0.05) is 22.7 Å². The van der Waals surface area contributed by atoms with E-state index in [4.69, 9.17) is 11.6 Å². The highest BCUT2D eigenvalue weighted by Gasteiger charge is 2.15. The van der Waals surface area contributed by atoms with E-state index in [0.29, 0.717) is 16.3 Å². The molecule has 0 unspecified atom stereocenters. The highest BCUT2D eigenvalue weighted by Crippen LogP contribution is 2.30. The van der Waals surface area contributed by atoms with Crippen molar-refractivity contribution in [3.05, 3.63) is 40.9 Å². The number of nitrogens with one attached hydrogen (secondary N) is 1. The molecule has 0 saturated heterocycles. The Morgan fingerprint density at radius 3 is 2.70 bits per heavy atom. The lowest BCUT2D eigenvalue weighted by molar-refractivity contribution is 0.630. The van der Waals surface area contributed by atoms with Crippen molar-refractivity contribution >= 4 is 17.4 Å². The van der Waals surface area contributed by atoms with Crippen molar-refractivity contribution in [3.63, 3.8) is 0 Å². The van der Waals surface area contributed by atoms with Crippen LogP contribution in [0.4, 0.5) is 10.2 Å². The fourth-order valence-corrected chi connectivity index (χ4v) is 2.29. The van der Waals surface area contributed by atoms with Crippen LogP contribution in [-0.4, -0.2) is 16.5 Å². The molecule has 1 N–H and O–H groups in total. The first-order chi connectivity index (χ1) is 9.67. The first-order valence-electron chi connectivity index (χ1n) is 6.70. The predicted molar refractivity (Wildman–Crippen MR) is 80.6 cm³/mol. The molecule has 0 radical (unpaired) electrons. The molecule has 5 heteroatoms. The minimum absolute atomic E-state index is 0.365. The minimum atomic E-state index is -0.365. The fourth-order valence-electron chi connectivity index (χ4n) is 2.13.